The fourth-order valence-electron chi connectivity index (χ4n) is 4.18. The molecule has 1 amide bonds. The van der Waals surface area contributed by atoms with Crippen LogP contribution in [0.3, 0.4) is 0 Å². The molecule has 1 aliphatic rings. The van der Waals surface area contributed by atoms with Gasteiger partial charge in [-0.1, -0.05) is 30.3 Å². The number of carbonyl (C=O) groups excluding carboxylic acids is 1. The Hall–Kier alpha value is -4.17. The molecule has 3 aromatic carbocycles. The van der Waals surface area contributed by atoms with E-state index in [2.05, 4.69) is 4.72 Å². The summed E-state index contributed by atoms with van der Waals surface area (Å²) in [5.74, 6) is -2.41. The van der Waals surface area contributed by atoms with Gasteiger partial charge in [-0.3, -0.25) is 10.2 Å². The number of fused-ring (bicyclic) bond motifs is 1. The average molecular weight is 595 g/mol. The highest BCUT2D eigenvalue weighted by molar-refractivity contribution is 7.89. The largest absolute Gasteiger partial charge is 0.497 e. The fourth-order valence-corrected chi connectivity index (χ4v) is 5.44. The molecule has 0 radical (unpaired) electrons. The fraction of sp³-hybridized carbons (Fsp3) is 0.296. The molecule has 0 aromatic heterocycles. The third-order valence-corrected chi connectivity index (χ3v) is 7.73. The lowest BCUT2D eigenvalue weighted by Crippen LogP contribution is -2.47. The minimum absolute atomic E-state index is 0.0392. The van der Waals surface area contributed by atoms with E-state index in [1.165, 1.54) is 0 Å². The van der Waals surface area contributed by atoms with Crippen LogP contribution in [0.5, 0.6) is 5.75 Å². The second-order valence-corrected chi connectivity index (χ2v) is 10.9. The molecular formula is C27H29F3N4O6S. The van der Waals surface area contributed by atoms with Gasteiger partial charge in [-0.15, -0.1) is 0 Å². The zero-order chi connectivity index (χ0) is 30.4. The molecule has 5 N–H and O–H groups in total. The molecule has 0 saturated carbocycles. The maximum Gasteiger partial charge on any atom is 0.490 e. The zero-order valence-corrected chi connectivity index (χ0v) is 22.8. The topological polar surface area (TPSA) is 163 Å². The van der Waals surface area contributed by atoms with Crippen LogP contribution in [0.1, 0.15) is 30.4 Å². The molecule has 4 rings (SSSR count). The lowest BCUT2D eigenvalue weighted by atomic mass is 10.1. The second kappa shape index (κ2) is 13.0. The number of hydrogen-bond donors (Lipinski definition) is 4. The molecular weight excluding hydrogens is 565 g/mol. The Kier molecular flexibility index (Phi) is 9.94. The lowest BCUT2D eigenvalue weighted by Gasteiger charge is -2.25. The highest BCUT2D eigenvalue weighted by Crippen LogP contribution is 2.25. The van der Waals surface area contributed by atoms with Gasteiger partial charge in [0, 0.05) is 18.7 Å². The van der Waals surface area contributed by atoms with E-state index in [1.54, 1.807) is 54.5 Å². The van der Waals surface area contributed by atoms with Gasteiger partial charge in [-0.2, -0.15) is 17.9 Å². The molecule has 1 saturated heterocycles. The molecule has 0 spiro atoms. The summed E-state index contributed by atoms with van der Waals surface area (Å²) in [6.07, 6.45) is -3.13. The van der Waals surface area contributed by atoms with Crippen LogP contribution < -0.4 is 15.2 Å². The van der Waals surface area contributed by atoms with Crippen LogP contribution in [-0.2, 0) is 26.2 Å². The first-order valence-electron chi connectivity index (χ1n) is 12.3. The number of nitrogen functional groups attached to an aromatic ring is 1. The van der Waals surface area contributed by atoms with Crippen molar-refractivity contribution in [3.8, 4) is 5.75 Å². The number of carboxylic acid groups (broad SMARTS) is 1. The number of sulfonamides is 1. The number of amidine groups is 1. The maximum absolute atomic E-state index is 13.3. The van der Waals surface area contributed by atoms with E-state index in [-0.39, 0.29) is 16.6 Å². The van der Waals surface area contributed by atoms with Crippen molar-refractivity contribution in [1.82, 2.24) is 9.62 Å². The Labute approximate surface area is 234 Å². The van der Waals surface area contributed by atoms with Crippen LogP contribution in [0, 0.1) is 5.41 Å². The van der Waals surface area contributed by atoms with E-state index in [4.69, 9.17) is 25.8 Å². The summed E-state index contributed by atoms with van der Waals surface area (Å²) < 4.78 is 66.0. The van der Waals surface area contributed by atoms with E-state index >= 15 is 0 Å². The summed E-state index contributed by atoms with van der Waals surface area (Å²) in [4.78, 5) is 24.0. The third-order valence-electron chi connectivity index (χ3n) is 6.26. The van der Waals surface area contributed by atoms with Crippen LogP contribution in [0.15, 0.2) is 65.6 Å². The first-order valence-corrected chi connectivity index (χ1v) is 13.8. The van der Waals surface area contributed by atoms with Crippen molar-refractivity contribution in [2.24, 2.45) is 5.73 Å². The van der Waals surface area contributed by atoms with Crippen molar-refractivity contribution < 1.29 is 41.0 Å². The van der Waals surface area contributed by atoms with Crippen molar-refractivity contribution >= 4 is 38.5 Å². The van der Waals surface area contributed by atoms with Gasteiger partial charge in [0.25, 0.3) is 0 Å². The number of rotatable bonds is 7. The number of benzene rings is 3. The molecule has 1 fully saturated rings. The van der Waals surface area contributed by atoms with Crippen LogP contribution in [0.25, 0.3) is 10.8 Å². The zero-order valence-electron chi connectivity index (χ0n) is 21.9. The van der Waals surface area contributed by atoms with Crippen LogP contribution in [-0.4, -0.2) is 62.0 Å². The van der Waals surface area contributed by atoms with Crippen LogP contribution in [0.2, 0.25) is 0 Å². The number of nitrogens with two attached hydrogens (primary N) is 1. The Morgan fingerprint density at radius 1 is 1.12 bits per heavy atom. The number of nitrogens with one attached hydrogen (secondary N) is 2. The van der Waals surface area contributed by atoms with Gasteiger partial charge in [0.15, 0.2) is 0 Å². The Morgan fingerprint density at radius 2 is 1.80 bits per heavy atom. The minimum atomic E-state index is -5.08. The molecule has 1 heterocycles. The third kappa shape index (κ3) is 8.41. The summed E-state index contributed by atoms with van der Waals surface area (Å²) in [5.41, 5.74) is 7.01. The van der Waals surface area contributed by atoms with Gasteiger partial charge in [0.1, 0.15) is 17.6 Å². The number of halogens is 3. The molecule has 14 heteroatoms. The number of methoxy groups -OCH3 is 1. The predicted molar refractivity (Wildman–Crippen MR) is 145 cm³/mol. The summed E-state index contributed by atoms with van der Waals surface area (Å²) in [5, 5.41) is 16.4. The van der Waals surface area contributed by atoms with Gasteiger partial charge >= 0.3 is 12.1 Å². The first kappa shape index (κ1) is 31.4. The molecule has 220 valence electrons. The number of aliphatic carboxylic acids is 1. The van der Waals surface area contributed by atoms with Crippen LogP contribution >= 0.6 is 0 Å². The molecule has 0 bridgehead atoms. The maximum atomic E-state index is 13.3. The quantitative estimate of drug-likeness (QED) is 0.240. The van der Waals surface area contributed by atoms with Gasteiger partial charge in [0.2, 0.25) is 15.9 Å². The monoisotopic (exact) mass is 594 g/mol. The van der Waals surface area contributed by atoms with E-state index in [9.17, 15) is 26.4 Å². The number of nitrogens with zero attached hydrogens (tertiary/aromatic N) is 1. The number of hydrogen-bond acceptors (Lipinski definition) is 6. The summed E-state index contributed by atoms with van der Waals surface area (Å²) >= 11 is 0. The van der Waals surface area contributed by atoms with Crippen molar-refractivity contribution in [3.05, 3.63) is 71.8 Å². The predicted octanol–water partition coefficient (Wildman–Crippen LogP) is 3.63. The molecule has 1 aliphatic heterocycles. The lowest BCUT2D eigenvalue weighted by molar-refractivity contribution is -0.192. The number of carboxylic acids is 1. The minimum Gasteiger partial charge on any atom is -0.497 e. The van der Waals surface area contributed by atoms with Crippen molar-refractivity contribution in [2.75, 3.05) is 13.7 Å². The SMILES string of the molecule is COc1ccc2ccc(S(=O)(=O)N[C@H]3CCCCN(Cc4cccc(C(=N)N)c4)C3=O)cc2c1.O=C(O)C(F)(F)F. The smallest absolute Gasteiger partial charge is 0.490 e. The molecule has 0 unspecified atom stereocenters. The standard InChI is InChI=1S/C25H28N4O4S.C2HF3O2/c1-33-21-10-8-18-9-11-22(15-20(18)14-21)34(31,32)28-23-7-2-3-12-29(25(23)30)16-17-5-4-6-19(13-17)24(26)27;3-2(4,5)1(6)7/h4-6,8-11,13-15,23,28H,2-3,7,12,16H2,1H3,(H3,26,27);(H,6,7)/t23-;/m0./s1. The van der Waals surface area contributed by atoms with E-state index < -0.39 is 28.2 Å². The highest BCUT2D eigenvalue weighted by atomic mass is 32.2. The Morgan fingerprint density at radius 3 is 2.44 bits per heavy atom. The average Bonchev–Trinajstić information content (AvgIpc) is 3.08. The summed E-state index contributed by atoms with van der Waals surface area (Å²) in [6, 6.07) is 16.7. The molecule has 0 aliphatic carbocycles. The van der Waals surface area contributed by atoms with E-state index in [0.717, 1.165) is 29.2 Å². The van der Waals surface area contributed by atoms with Gasteiger partial charge < -0.3 is 20.5 Å². The van der Waals surface area contributed by atoms with E-state index in [0.29, 0.717) is 30.8 Å². The van der Waals surface area contributed by atoms with Crippen molar-refractivity contribution in [2.45, 2.75) is 42.9 Å². The number of likely N-dealkylation sites (tertiary alicyclic amines) is 1. The van der Waals surface area contributed by atoms with Gasteiger partial charge in [0.05, 0.1) is 12.0 Å². The number of ether oxygens (including phenoxy) is 1. The molecule has 3 aromatic rings. The van der Waals surface area contributed by atoms with Gasteiger partial charge in [-0.05, 0) is 65.9 Å². The molecule has 10 nitrogen and oxygen atoms in total. The number of amides is 1. The molecule has 41 heavy (non-hydrogen) atoms. The normalized spacial score (nSPS) is 16.0. The molecule has 1 atom stereocenters. The summed E-state index contributed by atoms with van der Waals surface area (Å²) in [6.45, 7) is 0.866. The van der Waals surface area contributed by atoms with Crippen molar-refractivity contribution in [1.29, 1.82) is 5.41 Å². The summed E-state index contributed by atoms with van der Waals surface area (Å²) in [7, 11) is -2.36. The Bertz CT molecular complexity index is 1550. The number of carbonyl (C=O) groups is 2. The van der Waals surface area contributed by atoms with E-state index in [1.807, 2.05) is 18.2 Å². The van der Waals surface area contributed by atoms with Gasteiger partial charge in [-0.25, -0.2) is 13.2 Å². The number of alkyl halides is 3. The Balaban J connectivity index is 0.000000587. The second-order valence-electron chi connectivity index (χ2n) is 9.22. The van der Waals surface area contributed by atoms with Crippen molar-refractivity contribution in [3.63, 3.8) is 0 Å². The van der Waals surface area contributed by atoms with Crippen LogP contribution in [0.4, 0.5) is 13.2 Å². The first-order chi connectivity index (χ1) is 19.2. The highest BCUT2D eigenvalue weighted by Gasteiger charge is 2.38.